The fourth-order valence-corrected chi connectivity index (χ4v) is 3.15. The fraction of sp³-hybridized carbons (Fsp3) is 0.318. The van der Waals surface area contributed by atoms with Gasteiger partial charge in [-0.05, 0) is 48.7 Å². The number of hydrogen-bond donors (Lipinski definition) is 1. The van der Waals surface area contributed by atoms with E-state index < -0.39 is 0 Å². The van der Waals surface area contributed by atoms with Crippen LogP contribution in [0.2, 0.25) is 0 Å². The Morgan fingerprint density at radius 3 is 2.50 bits per heavy atom. The molecule has 0 spiro atoms. The van der Waals surface area contributed by atoms with Gasteiger partial charge in [-0.15, -0.1) is 0 Å². The van der Waals surface area contributed by atoms with Crippen LogP contribution in [0.5, 0.6) is 5.75 Å². The number of hydrogen-bond acceptors (Lipinski definition) is 4. The summed E-state index contributed by atoms with van der Waals surface area (Å²) < 4.78 is 7.11. The highest BCUT2D eigenvalue weighted by molar-refractivity contribution is 5.96. The van der Waals surface area contributed by atoms with Gasteiger partial charge in [0.1, 0.15) is 5.75 Å². The molecule has 0 unspecified atom stereocenters. The van der Waals surface area contributed by atoms with Crippen LogP contribution in [0, 0.1) is 0 Å². The second kappa shape index (κ2) is 8.69. The van der Waals surface area contributed by atoms with Crippen molar-refractivity contribution < 1.29 is 9.53 Å². The predicted molar refractivity (Wildman–Crippen MR) is 109 cm³/mol. The summed E-state index contributed by atoms with van der Waals surface area (Å²) in [4.78, 5) is 17.3. The Hall–Kier alpha value is -3.15. The lowest BCUT2D eigenvalue weighted by molar-refractivity contribution is 0.0948. The molecule has 0 saturated carbocycles. The molecule has 0 aliphatic carbocycles. The summed E-state index contributed by atoms with van der Waals surface area (Å²) in [6, 6.07) is 13.3. The van der Waals surface area contributed by atoms with Crippen molar-refractivity contribution in [1.82, 2.24) is 20.1 Å². The Bertz CT molecular complexity index is 931. The van der Waals surface area contributed by atoms with Crippen molar-refractivity contribution in [2.45, 2.75) is 39.7 Å². The molecule has 2 aromatic heterocycles. The van der Waals surface area contributed by atoms with E-state index in [-0.39, 0.29) is 11.8 Å². The zero-order valence-corrected chi connectivity index (χ0v) is 16.8. The number of carbonyl (C=O) groups is 1. The van der Waals surface area contributed by atoms with Gasteiger partial charge < -0.3 is 10.1 Å². The summed E-state index contributed by atoms with van der Waals surface area (Å²) in [5, 5.41) is 7.78. The second-order valence-electron chi connectivity index (χ2n) is 6.83. The van der Waals surface area contributed by atoms with Gasteiger partial charge in [0.15, 0.2) is 0 Å². The number of aromatic nitrogens is 3. The van der Waals surface area contributed by atoms with Crippen molar-refractivity contribution >= 4 is 5.91 Å². The van der Waals surface area contributed by atoms with Crippen LogP contribution < -0.4 is 10.1 Å². The van der Waals surface area contributed by atoms with E-state index in [1.54, 1.807) is 13.3 Å². The van der Waals surface area contributed by atoms with Crippen molar-refractivity contribution in [2.75, 3.05) is 7.11 Å². The molecule has 0 bridgehead atoms. The highest BCUT2D eigenvalue weighted by Gasteiger charge is 2.25. The van der Waals surface area contributed by atoms with Crippen LogP contribution >= 0.6 is 0 Å². The molecule has 0 fully saturated rings. The third-order valence-corrected chi connectivity index (χ3v) is 4.59. The number of benzene rings is 1. The van der Waals surface area contributed by atoms with Crippen LogP contribution in [0.4, 0.5) is 0 Å². The monoisotopic (exact) mass is 378 g/mol. The van der Waals surface area contributed by atoms with Crippen LogP contribution in [-0.4, -0.2) is 27.8 Å². The highest BCUT2D eigenvalue weighted by atomic mass is 16.5. The molecule has 146 valence electrons. The Kier molecular flexibility index (Phi) is 6.09. The van der Waals surface area contributed by atoms with Crippen molar-refractivity contribution in [1.29, 1.82) is 0 Å². The molecule has 2 heterocycles. The minimum Gasteiger partial charge on any atom is -0.497 e. The van der Waals surface area contributed by atoms with Crippen molar-refractivity contribution in [2.24, 2.45) is 0 Å². The average molecular weight is 378 g/mol. The Morgan fingerprint density at radius 2 is 1.93 bits per heavy atom. The number of carbonyl (C=O) groups excluding carboxylic acids is 1. The Morgan fingerprint density at radius 1 is 1.18 bits per heavy atom. The van der Waals surface area contributed by atoms with Gasteiger partial charge in [0.2, 0.25) is 0 Å². The molecular formula is C22H26N4O2. The molecule has 6 heteroatoms. The lowest BCUT2D eigenvalue weighted by Crippen LogP contribution is -2.25. The molecule has 0 saturated heterocycles. The molecule has 0 aliphatic heterocycles. The predicted octanol–water partition coefficient (Wildman–Crippen LogP) is 3.89. The normalized spacial score (nSPS) is 10.9. The van der Waals surface area contributed by atoms with Gasteiger partial charge in [0, 0.05) is 6.20 Å². The Balaban J connectivity index is 1.96. The summed E-state index contributed by atoms with van der Waals surface area (Å²) in [5.41, 5.74) is 4.08. The first kappa shape index (κ1) is 19.6. The Labute approximate surface area is 165 Å². The summed E-state index contributed by atoms with van der Waals surface area (Å²) in [6.07, 6.45) is 2.41. The summed E-state index contributed by atoms with van der Waals surface area (Å²) in [5.74, 6) is 0.790. The molecule has 1 amide bonds. The van der Waals surface area contributed by atoms with Gasteiger partial charge in [0.05, 0.1) is 42.0 Å². The maximum absolute atomic E-state index is 13.1. The minimum absolute atomic E-state index is 0.119. The number of amides is 1. The van der Waals surface area contributed by atoms with Gasteiger partial charge in [-0.25, -0.2) is 4.68 Å². The molecule has 28 heavy (non-hydrogen) atoms. The maximum atomic E-state index is 13.1. The highest BCUT2D eigenvalue weighted by Crippen LogP contribution is 2.26. The van der Waals surface area contributed by atoms with Crippen LogP contribution in [0.3, 0.4) is 0 Å². The summed E-state index contributed by atoms with van der Waals surface area (Å²) in [6.45, 7) is 6.52. The van der Waals surface area contributed by atoms with Gasteiger partial charge in [0.25, 0.3) is 5.91 Å². The van der Waals surface area contributed by atoms with Gasteiger partial charge in [-0.2, -0.15) is 5.10 Å². The second-order valence-corrected chi connectivity index (χ2v) is 6.83. The molecule has 0 radical (unpaired) electrons. The molecule has 3 rings (SSSR count). The van der Waals surface area contributed by atoms with E-state index in [4.69, 9.17) is 9.84 Å². The molecule has 0 atom stereocenters. The van der Waals surface area contributed by atoms with Gasteiger partial charge in [-0.3, -0.25) is 9.78 Å². The van der Waals surface area contributed by atoms with E-state index in [9.17, 15) is 4.79 Å². The SMILES string of the molecule is CCc1c(C(=O)NCc2ccccn2)c(C(C)C)nn1-c1ccc(OC)cc1. The van der Waals surface area contributed by atoms with Gasteiger partial charge in [-0.1, -0.05) is 26.8 Å². The number of rotatable bonds is 7. The number of methoxy groups -OCH3 is 1. The van der Waals surface area contributed by atoms with E-state index in [1.807, 2.05) is 54.1 Å². The number of ether oxygens (including phenoxy) is 1. The zero-order valence-electron chi connectivity index (χ0n) is 16.8. The van der Waals surface area contributed by atoms with E-state index in [0.717, 1.165) is 28.5 Å². The first-order chi connectivity index (χ1) is 13.5. The molecular weight excluding hydrogens is 352 g/mol. The zero-order chi connectivity index (χ0) is 20.1. The third-order valence-electron chi connectivity index (χ3n) is 4.59. The quantitative estimate of drug-likeness (QED) is 0.677. The lowest BCUT2D eigenvalue weighted by Gasteiger charge is -2.10. The molecule has 3 aromatic rings. The average Bonchev–Trinajstić information content (AvgIpc) is 3.13. The number of pyridine rings is 1. The first-order valence-corrected chi connectivity index (χ1v) is 9.49. The minimum atomic E-state index is -0.119. The van der Waals surface area contributed by atoms with Crippen LogP contribution in [0.15, 0.2) is 48.7 Å². The number of nitrogens with zero attached hydrogens (tertiary/aromatic N) is 3. The van der Waals surface area contributed by atoms with Crippen molar-refractivity contribution in [3.05, 3.63) is 71.3 Å². The van der Waals surface area contributed by atoms with E-state index in [1.165, 1.54) is 0 Å². The molecule has 1 N–H and O–H groups in total. The summed E-state index contributed by atoms with van der Waals surface area (Å²) >= 11 is 0. The largest absolute Gasteiger partial charge is 0.497 e. The number of nitrogens with one attached hydrogen (secondary N) is 1. The topological polar surface area (TPSA) is 69.0 Å². The smallest absolute Gasteiger partial charge is 0.255 e. The van der Waals surface area contributed by atoms with Crippen LogP contribution in [0.25, 0.3) is 5.69 Å². The van der Waals surface area contributed by atoms with E-state index in [2.05, 4.69) is 24.1 Å². The molecule has 6 nitrogen and oxygen atoms in total. The third kappa shape index (κ3) is 4.06. The molecule has 1 aromatic carbocycles. The first-order valence-electron chi connectivity index (χ1n) is 9.49. The van der Waals surface area contributed by atoms with Crippen molar-refractivity contribution in [3.63, 3.8) is 0 Å². The molecule has 0 aliphatic rings. The maximum Gasteiger partial charge on any atom is 0.255 e. The standard InChI is InChI=1S/C22H26N4O2/c1-5-19-20(22(27)24-14-16-8-6-7-13-23-16)21(15(2)3)25-26(19)17-9-11-18(28-4)12-10-17/h6-13,15H,5,14H2,1-4H3,(H,24,27). The van der Waals surface area contributed by atoms with Crippen molar-refractivity contribution in [3.8, 4) is 11.4 Å². The van der Waals surface area contributed by atoms with Gasteiger partial charge >= 0.3 is 0 Å². The lowest BCUT2D eigenvalue weighted by atomic mass is 10.0. The van der Waals surface area contributed by atoms with Crippen LogP contribution in [-0.2, 0) is 13.0 Å². The summed E-state index contributed by atoms with van der Waals surface area (Å²) in [7, 11) is 1.64. The van der Waals surface area contributed by atoms with E-state index in [0.29, 0.717) is 18.5 Å². The van der Waals surface area contributed by atoms with Crippen LogP contribution in [0.1, 0.15) is 54.1 Å². The van der Waals surface area contributed by atoms with E-state index >= 15 is 0 Å². The fourth-order valence-electron chi connectivity index (χ4n) is 3.15.